The van der Waals surface area contributed by atoms with Gasteiger partial charge >= 0.3 is 5.63 Å². The quantitative estimate of drug-likeness (QED) is 0.758. The second-order valence-corrected chi connectivity index (χ2v) is 5.35. The molecule has 1 aromatic heterocycles. The molecule has 1 heterocycles. The van der Waals surface area contributed by atoms with Crippen LogP contribution in [0.1, 0.15) is 10.6 Å². The van der Waals surface area contributed by atoms with Crippen LogP contribution in [0.3, 0.4) is 0 Å². The number of carbonyl (C=O) groups is 1. The molecule has 0 spiro atoms. The lowest BCUT2D eigenvalue weighted by atomic mass is 10.1. The number of para-hydroxylation sites is 1. The maximum atomic E-state index is 12.3. The highest BCUT2D eigenvalue weighted by Gasteiger charge is 2.15. The minimum atomic E-state index is -0.599. The SMILES string of the molecule is O=C(Nc1c(Cl)cccc1Cl)c1cc2ccccc2c(=O)o1. The Morgan fingerprint density at radius 1 is 1.00 bits per heavy atom. The molecule has 3 rings (SSSR count). The summed E-state index contributed by atoms with van der Waals surface area (Å²) in [6.07, 6.45) is 0. The van der Waals surface area contributed by atoms with E-state index in [0.717, 1.165) is 0 Å². The van der Waals surface area contributed by atoms with Gasteiger partial charge in [-0.1, -0.05) is 47.5 Å². The molecule has 1 N–H and O–H groups in total. The number of benzene rings is 2. The number of nitrogens with one attached hydrogen (secondary N) is 1. The van der Waals surface area contributed by atoms with E-state index in [0.29, 0.717) is 20.8 Å². The minimum Gasteiger partial charge on any atom is -0.417 e. The molecule has 0 aliphatic heterocycles. The summed E-state index contributed by atoms with van der Waals surface area (Å²) >= 11 is 12.0. The summed E-state index contributed by atoms with van der Waals surface area (Å²) in [6, 6.07) is 13.2. The molecule has 0 unspecified atom stereocenters. The van der Waals surface area contributed by atoms with Gasteiger partial charge in [0.15, 0.2) is 5.76 Å². The molecule has 0 bridgehead atoms. The number of rotatable bonds is 2. The van der Waals surface area contributed by atoms with Gasteiger partial charge in [-0.05, 0) is 29.7 Å². The third-order valence-electron chi connectivity index (χ3n) is 3.10. The summed E-state index contributed by atoms with van der Waals surface area (Å²) in [6.45, 7) is 0. The Bertz CT molecular complexity index is 914. The predicted octanol–water partition coefficient (Wildman–Crippen LogP) is 4.35. The van der Waals surface area contributed by atoms with Gasteiger partial charge in [-0.3, -0.25) is 4.79 Å². The first-order valence-electron chi connectivity index (χ1n) is 6.34. The fourth-order valence-electron chi connectivity index (χ4n) is 2.04. The number of amides is 1. The summed E-state index contributed by atoms with van der Waals surface area (Å²) in [4.78, 5) is 24.1. The Morgan fingerprint density at radius 3 is 2.41 bits per heavy atom. The molecule has 0 saturated carbocycles. The van der Waals surface area contributed by atoms with Crippen molar-refractivity contribution >= 4 is 45.6 Å². The van der Waals surface area contributed by atoms with E-state index in [1.165, 1.54) is 6.07 Å². The number of hydrogen-bond acceptors (Lipinski definition) is 3. The normalized spacial score (nSPS) is 10.6. The highest BCUT2D eigenvalue weighted by Crippen LogP contribution is 2.30. The average molecular weight is 334 g/mol. The van der Waals surface area contributed by atoms with E-state index in [9.17, 15) is 9.59 Å². The molecule has 0 aliphatic carbocycles. The van der Waals surface area contributed by atoms with Crippen molar-refractivity contribution in [1.82, 2.24) is 0 Å². The Balaban J connectivity index is 2.01. The number of halogens is 2. The molecule has 1 amide bonds. The van der Waals surface area contributed by atoms with Crippen LogP contribution < -0.4 is 10.9 Å². The van der Waals surface area contributed by atoms with E-state index >= 15 is 0 Å². The number of fused-ring (bicyclic) bond motifs is 1. The second-order valence-electron chi connectivity index (χ2n) is 4.54. The van der Waals surface area contributed by atoms with E-state index in [-0.39, 0.29) is 11.4 Å². The lowest BCUT2D eigenvalue weighted by Gasteiger charge is -2.08. The monoisotopic (exact) mass is 333 g/mol. The van der Waals surface area contributed by atoms with E-state index in [1.807, 2.05) is 0 Å². The molecule has 6 heteroatoms. The summed E-state index contributed by atoms with van der Waals surface area (Å²) in [5, 5.41) is 4.17. The maximum absolute atomic E-state index is 12.3. The van der Waals surface area contributed by atoms with Crippen LogP contribution in [0.4, 0.5) is 5.69 Å². The van der Waals surface area contributed by atoms with Gasteiger partial charge in [0.2, 0.25) is 0 Å². The Morgan fingerprint density at radius 2 is 1.68 bits per heavy atom. The van der Waals surface area contributed by atoms with Crippen molar-refractivity contribution in [3.63, 3.8) is 0 Å². The molecule has 22 heavy (non-hydrogen) atoms. The predicted molar refractivity (Wildman–Crippen MR) is 86.9 cm³/mol. The molecule has 0 atom stereocenters. The average Bonchev–Trinajstić information content (AvgIpc) is 2.51. The van der Waals surface area contributed by atoms with Gasteiger partial charge in [0, 0.05) is 0 Å². The largest absolute Gasteiger partial charge is 0.417 e. The van der Waals surface area contributed by atoms with Gasteiger partial charge in [-0.2, -0.15) is 0 Å². The van der Waals surface area contributed by atoms with Crippen molar-refractivity contribution < 1.29 is 9.21 Å². The fraction of sp³-hybridized carbons (Fsp3) is 0. The summed E-state index contributed by atoms with van der Waals surface area (Å²) < 4.78 is 5.05. The first kappa shape index (κ1) is 14.6. The van der Waals surface area contributed by atoms with Crippen LogP contribution in [0.2, 0.25) is 10.0 Å². The van der Waals surface area contributed by atoms with Crippen molar-refractivity contribution in [3.05, 3.63) is 74.8 Å². The van der Waals surface area contributed by atoms with Crippen LogP contribution in [0, 0.1) is 0 Å². The van der Waals surface area contributed by atoms with Crippen LogP contribution in [-0.2, 0) is 0 Å². The van der Waals surface area contributed by atoms with Gasteiger partial charge in [0.1, 0.15) is 0 Å². The molecule has 0 fully saturated rings. The number of anilines is 1. The van der Waals surface area contributed by atoms with Crippen molar-refractivity contribution in [2.75, 3.05) is 5.32 Å². The first-order valence-corrected chi connectivity index (χ1v) is 7.10. The van der Waals surface area contributed by atoms with Gasteiger partial charge in [0.25, 0.3) is 5.91 Å². The number of carbonyl (C=O) groups excluding carboxylic acids is 1. The molecular weight excluding hydrogens is 325 g/mol. The fourth-order valence-corrected chi connectivity index (χ4v) is 2.53. The van der Waals surface area contributed by atoms with Crippen LogP contribution >= 0.6 is 23.2 Å². The molecule has 0 aliphatic rings. The highest BCUT2D eigenvalue weighted by molar-refractivity contribution is 6.40. The van der Waals surface area contributed by atoms with E-state index in [2.05, 4.69) is 5.32 Å². The standard InChI is InChI=1S/C16H9Cl2NO3/c17-11-6-3-7-12(18)14(11)19-15(20)13-8-9-4-1-2-5-10(9)16(21)22-13/h1-8H,(H,19,20). The van der Waals surface area contributed by atoms with Gasteiger partial charge < -0.3 is 9.73 Å². The van der Waals surface area contributed by atoms with Gasteiger partial charge in [-0.25, -0.2) is 4.79 Å². The number of hydrogen-bond donors (Lipinski definition) is 1. The highest BCUT2D eigenvalue weighted by atomic mass is 35.5. The molecule has 2 aromatic carbocycles. The topological polar surface area (TPSA) is 59.3 Å². The first-order chi connectivity index (χ1) is 10.6. The van der Waals surface area contributed by atoms with Crippen LogP contribution in [0.25, 0.3) is 10.8 Å². The maximum Gasteiger partial charge on any atom is 0.344 e. The Kier molecular flexibility index (Phi) is 3.88. The Hall–Kier alpha value is -2.30. The molecular formula is C16H9Cl2NO3. The van der Waals surface area contributed by atoms with Crippen molar-refractivity contribution in [2.24, 2.45) is 0 Å². The van der Waals surface area contributed by atoms with Gasteiger partial charge in [0.05, 0.1) is 21.1 Å². The minimum absolute atomic E-state index is 0.111. The van der Waals surface area contributed by atoms with E-state index in [1.54, 1.807) is 42.5 Å². The van der Waals surface area contributed by atoms with Crippen molar-refractivity contribution in [1.29, 1.82) is 0 Å². The molecule has 110 valence electrons. The Labute approximate surface area is 135 Å². The zero-order chi connectivity index (χ0) is 15.7. The van der Waals surface area contributed by atoms with Crippen molar-refractivity contribution in [2.45, 2.75) is 0 Å². The lowest BCUT2D eigenvalue weighted by Crippen LogP contribution is -2.15. The van der Waals surface area contributed by atoms with Gasteiger partial charge in [-0.15, -0.1) is 0 Å². The summed E-state index contributed by atoms with van der Waals surface area (Å²) in [5.74, 6) is -0.711. The molecule has 3 aromatic rings. The second kappa shape index (κ2) is 5.83. The lowest BCUT2D eigenvalue weighted by molar-refractivity contribution is 0.0993. The molecule has 4 nitrogen and oxygen atoms in total. The molecule has 0 saturated heterocycles. The van der Waals surface area contributed by atoms with E-state index < -0.39 is 11.5 Å². The summed E-state index contributed by atoms with van der Waals surface area (Å²) in [7, 11) is 0. The van der Waals surface area contributed by atoms with Crippen LogP contribution in [-0.4, -0.2) is 5.91 Å². The smallest absolute Gasteiger partial charge is 0.344 e. The van der Waals surface area contributed by atoms with E-state index in [4.69, 9.17) is 27.6 Å². The molecule has 0 radical (unpaired) electrons. The zero-order valence-electron chi connectivity index (χ0n) is 11.1. The third-order valence-corrected chi connectivity index (χ3v) is 3.72. The third kappa shape index (κ3) is 2.71. The van der Waals surface area contributed by atoms with Crippen LogP contribution in [0.5, 0.6) is 0 Å². The summed E-state index contributed by atoms with van der Waals surface area (Å²) in [5.41, 5.74) is -0.305. The zero-order valence-corrected chi connectivity index (χ0v) is 12.6. The van der Waals surface area contributed by atoms with Crippen LogP contribution in [0.15, 0.2) is 57.7 Å². The van der Waals surface area contributed by atoms with Crippen molar-refractivity contribution in [3.8, 4) is 0 Å².